The largest absolute Gasteiger partial charge is 0.464 e. The van der Waals surface area contributed by atoms with Gasteiger partial charge >= 0.3 is 12.0 Å². The van der Waals surface area contributed by atoms with Crippen LogP contribution < -0.4 is 14.8 Å². The van der Waals surface area contributed by atoms with Gasteiger partial charge in [0.15, 0.2) is 0 Å². The summed E-state index contributed by atoms with van der Waals surface area (Å²) in [6.45, 7) is 7.43. The Hall–Kier alpha value is -1.59. The summed E-state index contributed by atoms with van der Waals surface area (Å²) in [5.74, 6) is 1.21. The quantitative estimate of drug-likeness (QED) is 0.864. The maximum atomic E-state index is 5.92. The van der Waals surface area contributed by atoms with Crippen LogP contribution in [0.25, 0.3) is 0 Å². The van der Waals surface area contributed by atoms with Crippen LogP contribution in [0.5, 0.6) is 12.0 Å². The lowest BCUT2D eigenvalue weighted by atomic mass is 9.89. The van der Waals surface area contributed by atoms with Crippen LogP contribution >= 0.6 is 0 Å². The molecule has 0 radical (unpaired) electrons. The van der Waals surface area contributed by atoms with E-state index in [1.807, 2.05) is 13.8 Å². The highest BCUT2D eigenvalue weighted by atomic mass is 16.5. The molecule has 0 aromatic carbocycles. The Morgan fingerprint density at radius 3 is 2.65 bits per heavy atom. The molecule has 1 fully saturated rings. The van der Waals surface area contributed by atoms with Crippen molar-refractivity contribution >= 4 is 5.95 Å². The number of rotatable bonds is 6. The average molecular weight is 280 g/mol. The molecular weight excluding hydrogens is 256 g/mol. The molecular formula is C14H24N4O2. The molecule has 20 heavy (non-hydrogen) atoms. The first-order valence-corrected chi connectivity index (χ1v) is 7.50. The Bertz CT molecular complexity index is 403. The number of hydrogen-bond acceptors (Lipinski definition) is 6. The maximum absolute atomic E-state index is 5.92. The summed E-state index contributed by atoms with van der Waals surface area (Å²) in [7, 11) is 0. The van der Waals surface area contributed by atoms with E-state index >= 15 is 0 Å². The molecule has 1 aromatic rings. The summed E-state index contributed by atoms with van der Waals surface area (Å²) < 4.78 is 11.3. The molecule has 6 heteroatoms. The van der Waals surface area contributed by atoms with Gasteiger partial charge in [0, 0.05) is 6.54 Å². The van der Waals surface area contributed by atoms with Crippen LogP contribution in [0.1, 0.15) is 46.5 Å². The monoisotopic (exact) mass is 280 g/mol. The van der Waals surface area contributed by atoms with E-state index in [9.17, 15) is 0 Å². The fourth-order valence-corrected chi connectivity index (χ4v) is 2.46. The summed E-state index contributed by atoms with van der Waals surface area (Å²) in [5.41, 5.74) is 0. The molecule has 1 heterocycles. The van der Waals surface area contributed by atoms with E-state index in [4.69, 9.17) is 9.47 Å². The molecule has 2 atom stereocenters. The fourth-order valence-electron chi connectivity index (χ4n) is 2.46. The summed E-state index contributed by atoms with van der Waals surface area (Å²) in [6, 6.07) is 0.677. The van der Waals surface area contributed by atoms with Crippen LogP contribution in [-0.2, 0) is 0 Å². The highest BCUT2D eigenvalue weighted by Crippen LogP contribution is 2.26. The summed E-state index contributed by atoms with van der Waals surface area (Å²) in [6.07, 6.45) is 4.81. The zero-order chi connectivity index (χ0) is 14.4. The smallest absolute Gasteiger partial charge is 0.324 e. The van der Waals surface area contributed by atoms with Crippen molar-refractivity contribution in [2.24, 2.45) is 5.92 Å². The molecule has 1 aliphatic carbocycles. The molecule has 6 nitrogen and oxygen atoms in total. The highest BCUT2D eigenvalue weighted by molar-refractivity contribution is 5.27. The molecule has 0 bridgehead atoms. The van der Waals surface area contributed by atoms with E-state index in [0.717, 1.165) is 19.4 Å². The van der Waals surface area contributed by atoms with E-state index in [1.165, 1.54) is 12.8 Å². The molecule has 2 rings (SSSR count). The Labute approximate surface area is 120 Å². The maximum Gasteiger partial charge on any atom is 0.324 e. The number of nitrogens with zero attached hydrogens (tertiary/aromatic N) is 3. The van der Waals surface area contributed by atoms with Gasteiger partial charge in [0.05, 0.1) is 6.61 Å². The van der Waals surface area contributed by atoms with Crippen molar-refractivity contribution in [3.8, 4) is 12.0 Å². The Morgan fingerprint density at radius 1 is 1.15 bits per heavy atom. The lowest BCUT2D eigenvalue weighted by Crippen LogP contribution is -2.25. The Morgan fingerprint density at radius 2 is 1.95 bits per heavy atom. The predicted octanol–water partition coefficient (Wildman–Crippen LogP) is 2.66. The van der Waals surface area contributed by atoms with Crippen molar-refractivity contribution in [3.63, 3.8) is 0 Å². The summed E-state index contributed by atoms with van der Waals surface area (Å²) >= 11 is 0. The van der Waals surface area contributed by atoms with E-state index in [0.29, 0.717) is 30.5 Å². The van der Waals surface area contributed by atoms with Crippen molar-refractivity contribution in [1.82, 2.24) is 15.0 Å². The molecule has 2 unspecified atom stereocenters. The van der Waals surface area contributed by atoms with Gasteiger partial charge in [0.2, 0.25) is 5.95 Å². The number of nitrogens with one attached hydrogen (secondary N) is 1. The minimum Gasteiger partial charge on any atom is -0.464 e. The van der Waals surface area contributed by atoms with E-state index in [-0.39, 0.29) is 6.10 Å². The van der Waals surface area contributed by atoms with Gasteiger partial charge in [0.1, 0.15) is 6.10 Å². The average Bonchev–Trinajstić information content (AvgIpc) is 2.39. The third-order valence-corrected chi connectivity index (χ3v) is 3.36. The normalized spacial score (nSPS) is 22.4. The molecule has 0 saturated heterocycles. The fraction of sp³-hybridized carbons (Fsp3) is 0.786. The lowest BCUT2D eigenvalue weighted by Gasteiger charge is -2.26. The van der Waals surface area contributed by atoms with Gasteiger partial charge in [-0.15, -0.1) is 4.98 Å². The predicted molar refractivity (Wildman–Crippen MR) is 77.2 cm³/mol. The standard InChI is InChI=1S/C14H24N4O2/c1-4-15-12-16-13(19-5-2)18-14(17-12)20-11-8-6-7-10(3)9-11/h10-11H,4-9H2,1-3H3,(H,15,16,17,18). The first-order chi connectivity index (χ1) is 9.71. The van der Waals surface area contributed by atoms with Gasteiger partial charge in [-0.1, -0.05) is 13.3 Å². The number of ether oxygens (including phenoxy) is 2. The molecule has 1 aliphatic rings. The van der Waals surface area contributed by atoms with E-state index in [2.05, 4.69) is 27.2 Å². The van der Waals surface area contributed by atoms with E-state index < -0.39 is 0 Å². The number of aromatic nitrogens is 3. The second-order valence-corrected chi connectivity index (χ2v) is 5.20. The van der Waals surface area contributed by atoms with Crippen LogP contribution in [-0.4, -0.2) is 34.2 Å². The van der Waals surface area contributed by atoms with Gasteiger partial charge in [0.25, 0.3) is 0 Å². The van der Waals surface area contributed by atoms with Gasteiger partial charge in [-0.05, 0) is 39.0 Å². The van der Waals surface area contributed by atoms with Crippen molar-refractivity contribution < 1.29 is 9.47 Å². The second-order valence-electron chi connectivity index (χ2n) is 5.20. The zero-order valence-corrected chi connectivity index (χ0v) is 12.6. The molecule has 112 valence electrons. The van der Waals surface area contributed by atoms with Gasteiger partial charge < -0.3 is 14.8 Å². The van der Waals surface area contributed by atoms with Gasteiger partial charge in [-0.3, -0.25) is 0 Å². The summed E-state index contributed by atoms with van der Waals surface area (Å²) in [4.78, 5) is 12.7. The minimum atomic E-state index is 0.199. The highest BCUT2D eigenvalue weighted by Gasteiger charge is 2.22. The number of hydrogen-bond donors (Lipinski definition) is 1. The summed E-state index contributed by atoms with van der Waals surface area (Å²) in [5, 5.41) is 3.07. The van der Waals surface area contributed by atoms with Crippen molar-refractivity contribution in [2.75, 3.05) is 18.5 Å². The van der Waals surface area contributed by atoms with Gasteiger partial charge in [-0.2, -0.15) is 9.97 Å². The third kappa shape index (κ3) is 4.21. The first kappa shape index (κ1) is 14.8. The van der Waals surface area contributed by atoms with Crippen molar-refractivity contribution in [2.45, 2.75) is 52.6 Å². The Kier molecular flexibility index (Phi) is 5.38. The minimum absolute atomic E-state index is 0.199. The topological polar surface area (TPSA) is 69.2 Å². The van der Waals surface area contributed by atoms with Crippen LogP contribution in [0, 0.1) is 5.92 Å². The second kappa shape index (κ2) is 7.26. The third-order valence-electron chi connectivity index (χ3n) is 3.36. The van der Waals surface area contributed by atoms with Crippen molar-refractivity contribution in [3.05, 3.63) is 0 Å². The van der Waals surface area contributed by atoms with Crippen LogP contribution in [0.3, 0.4) is 0 Å². The van der Waals surface area contributed by atoms with Crippen molar-refractivity contribution in [1.29, 1.82) is 0 Å². The molecule has 1 N–H and O–H groups in total. The Balaban J connectivity index is 2.08. The zero-order valence-electron chi connectivity index (χ0n) is 12.6. The molecule has 0 amide bonds. The van der Waals surface area contributed by atoms with E-state index in [1.54, 1.807) is 0 Å². The van der Waals surface area contributed by atoms with Crippen LogP contribution in [0.2, 0.25) is 0 Å². The van der Waals surface area contributed by atoms with Gasteiger partial charge in [-0.25, -0.2) is 0 Å². The lowest BCUT2D eigenvalue weighted by molar-refractivity contribution is 0.116. The first-order valence-electron chi connectivity index (χ1n) is 7.50. The number of anilines is 1. The van der Waals surface area contributed by atoms with Crippen LogP contribution in [0.4, 0.5) is 5.95 Å². The molecule has 0 aliphatic heterocycles. The molecule has 1 saturated carbocycles. The van der Waals surface area contributed by atoms with Crippen LogP contribution in [0.15, 0.2) is 0 Å². The SMILES string of the molecule is CCNc1nc(OCC)nc(OC2CCCC(C)C2)n1. The molecule has 0 spiro atoms. The molecule has 1 aromatic heterocycles.